The molecule has 1 aromatic carbocycles. The monoisotopic (exact) mass is 214 g/mol. The summed E-state index contributed by atoms with van der Waals surface area (Å²) in [7, 11) is 0. The molecule has 0 heterocycles. The minimum Gasteiger partial charge on any atom is -0.249 e. The van der Waals surface area contributed by atoms with E-state index in [-0.39, 0.29) is 0 Å². The molecule has 0 aliphatic heterocycles. The molecule has 0 unspecified atom stereocenters. The number of hydrogen-bond acceptors (Lipinski definition) is 1. The minimum absolute atomic E-state index is 0.771. The van der Waals surface area contributed by atoms with E-state index in [2.05, 4.69) is 35.4 Å². The van der Waals surface area contributed by atoms with Gasteiger partial charge in [-0.2, -0.15) is 0 Å². The lowest BCUT2D eigenvalue weighted by Gasteiger charge is -2.01. The summed E-state index contributed by atoms with van der Waals surface area (Å²) in [5, 5.41) is 0. The summed E-state index contributed by atoms with van der Waals surface area (Å²) in [5.41, 5.74) is 3.35. The van der Waals surface area contributed by atoms with Crippen LogP contribution in [0.15, 0.2) is 46.4 Å². The van der Waals surface area contributed by atoms with Crippen molar-refractivity contribution in [3.05, 3.63) is 42.0 Å². The summed E-state index contributed by atoms with van der Waals surface area (Å²) >= 11 is 0. The van der Waals surface area contributed by atoms with Gasteiger partial charge in [-0.1, -0.05) is 31.2 Å². The average molecular weight is 214 g/mol. The summed E-state index contributed by atoms with van der Waals surface area (Å²) in [6.07, 6.45) is 1.72. The third kappa shape index (κ3) is 3.81. The highest BCUT2D eigenvalue weighted by Crippen LogP contribution is 2.15. The van der Waals surface area contributed by atoms with Crippen LogP contribution in [-0.4, -0.2) is 12.6 Å². The Labute approximate surface area is 97.5 Å². The molecule has 0 fully saturated rings. The zero-order valence-electron chi connectivity index (χ0n) is 10.0. The van der Waals surface area contributed by atoms with Gasteiger partial charge in [0.1, 0.15) is 5.84 Å². The molecular formula is C14H18N2. The SMILES string of the molecule is C=NC(CC)=Nc1ccc(CC(=C)C)cc1. The lowest BCUT2D eigenvalue weighted by molar-refractivity contribution is 1.15. The molecule has 0 saturated carbocycles. The molecule has 0 N–H and O–H groups in total. The largest absolute Gasteiger partial charge is 0.249 e. The fraction of sp³-hybridized carbons (Fsp3) is 0.286. The number of benzene rings is 1. The van der Waals surface area contributed by atoms with Crippen LogP contribution < -0.4 is 0 Å². The van der Waals surface area contributed by atoms with Crippen molar-refractivity contribution in [1.82, 2.24) is 0 Å². The molecule has 16 heavy (non-hydrogen) atoms. The standard InChI is InChI=1S/C14H18N2/c1-5-14(15-4)16-13-8-6-12(7-9-13)10-11(2)3/h6-9H,2,4-5,10H2,1,3H3. The van der Waals surface area contributed by atoms with Gasteiger partial charge in [0.05, 0.1) is 5.69 Å². The molecule has 1 aromatic rings. The second-order valence-corrected chi connectivity index (χ2v) is 3.84. The minimum atomic E-state index is 0.771. The Kier molecular flexibility index (Phi) is 4.65. The number of rotatable bonds is 4. The first-order chi connectivity index (χ1) is 7.65. The fourth-order valence-electron chi connectivity index (χ4n) is 1.41. The van der Waals surface area contributed by atoms with E-state index in [1.165, 1.54) is 11.1 Å². The topological polar surface area (TPSA) is 24.7 Å². The Morgan fingerprint density at radius 3 is 2.31 bits per heavy atom. The van der Waals surface area contributed by atoms with Crippen LogP contribution in [0.25, 0.3) is 0 Å². The summed E-state index contributed by atoms with van der Waals surface area (Å²) in [6, 6.07) is 8.14. The van der Waals surface area contributed by atoms with Crippen molar-refractivity contribution in [1.29, 1.82) is 0 Å². The average Bonchev–Trinajstić information content (AvgIpc) is 2.27. The maximum atomic E-state index is 4.38. The number of hydrogen-bond donors (Lipinski definition) is 0. The Morgan fingerprint density at radius 2 is 1.88 bits per heavy atom. The number of aliphatic imine (C=N–C) groups is 2. The van der Waals surface area contributed by atoms with Crippen LogP contribution in [0.4, 0.5) is 5.69 Å². The Bertz CT molecular complexity index is 399. The number of amidine groups is 1. The molecule has 2 heteroatoms. The van der Waals surface area contributed by atoms with E-state index in [1.807, 2.05) is 26.0 Å². The fourth-order valence-corrected chi connectivity index (χ4v) is 1.41. The van der Waals surface area contributed by atoms with Crippen LogP contribution in [0.3, 0.4) is 0 Å². The highest BCUT2D eigenvalue weighted by atomic mass is 14.9. The van der Waals surface area contributed by atoms with Crippen LogP contribution in [0.5, 0.6) is 0 Å². The summed E-state index contributed by atoms with van der Waals surface area (Å²) in [4.78, 5) is 8.24. The third-order valence-corrected chi connectivity index (χ3v) is 2.20. The van der Waals surface area contributed by atoms with Crippen LogP contribution in [0.1, 0.15) is 25.8 Å². The first kappa shape index (κ1) is 12.4. The van der Waals surface area contributed by atoms with Crippen molar-refractivity contribution in [2.24, 2.45) is 9.98 Å². The molecule has 0 amide bonds. The van der Waals surface area contributed by atoms with Gasteiger partial charge in [0, 0.05) is 6.42 Å². The van der Waals surface area contributed by atoms with Crippen LogP contribution in [0.2, 0.25) is 0 Å². The van der Waals surface area contributed by atoms with Gasteiger partial charge in [-0.25, -0.2) is 9.98 Å². The quantitative estimate of drug-likeness (QED) is 0.412. The Balaban J connectivity index is 2.82. The highest BCUT2D eigenvalue weighted by molar-refractivity contribution is 5.88. The van der Waals surface area contributed by atoms with Crippen LogP contribution >= 0.6 is 0 Å². The summed E-state index contributed by atoms with van der Waals surface area (Å²) < 4.78 is 0. The lowest BCUT2D eigenvalue weighted by Crippen LogP contribution is -1.89. The molecular weight excluding hydrogens is 196 g/mol. The van der Waals surface area contributed by atoms with Gasteiger partial charge in [-0.15, -0.1) is 0 Å². The molecule has 84 valence electrons. The van der Waals surface area contributed by atoms with Crippen molar-refractivity contribution in [3.63, 3.8) is 0 Å². The van der Waals surface area contributed by atoms with Gasteiger partial charge in [0.25, 0.3) is 0 Å². The van der Waals surface area contributed by atoms with Gasteiger partial charge in [0.15, 0.2) is 0 Å². The summed E-state index contributed by atoms with van der Waals surface area (Å²) in [6.45, 7) is 11.4. The molecule has 0 spiro atoms. The highest BCUT2D eigenvalue weighted by Gasteiger charge is 1.95. The zero-order valence-corrected chi connectivity index (χ0v) is 10.0. The first-order valence-electron chi connectivity index (χ1n) is 5.43. The van der Waals surface area contributed by atoms with Crippen molar-refractivity contribution in [3.8, 4) is 0 Å². The second kappa shape index (κ2) is 6.01. The van der Waals surface area contributed by atoms with E-state index < -0.39 is 0 Å². The maximum Gasteiger partial charge on any atom is 0.127 e. The first-order valence-corrected chi connectivity index (χ1v) is 5.43. The molecule has 1 rings (SSSR count). The van der Waals surface area contributed by atoms with Crippen LogP contribution in [0, 0.1) is 0 Å². The van der Waals surface area contributed by atoms with E-state index in [0.29, 0.717) is 0 Å². The van der Waals surface area contributed by atoms with Crippen molar-refractivity contribution < 1.29 is 0 Å². The maximum absolute atomic E-state index is 4.38. The predicted octanol–water partition coefficient (Wildman–Crippen LogP) is 3.95. The molecule has 0 saturated heterocycles. The molecule has 0 aromatic heterocycles. The van der Waals surface area contributed by atoms with Gasteiger partial charge >= 0.3 is 0 Å². The smallest absolute Gasteiger partial charge is 0.127 e. The van der Waals surface area contributed by atoms with E-state index in [9.17, 15) is 0 Å². The van der Waals surface area contributed by atoms with Crippen molar-refractivity contribution in [2.45, 2.75) is 26.7 Å². The Hall–Kier alpha value is -1.70. The Morgan fingerprint density at radius 1 is 1.25 bits per heavy atom. The lowest BCUT2D eigenvalue weighted by atomic mass is 10.1. The normalized spacial score (nSPS) is 11.2. The third-order valence-electron chi connectivity index (χ3n) is 2.20. The summed E-state index contributed by atoms with van der Waals surface area (Å²) in [5.74, 6) is 0.771. The molecule has 0 atom stereocenters. The number of nitrogens with zero attached hydrogens (tertiary/aromatic N) is 2. The van der Waals surface area contributed by atoms with Crippen molar-refractivity contribution >= 4 is 18.2 Å². The predicted molar refractivity (Wildman–Crippen MR) is 71.9 cm³/mol. The molecule has 0 aliphatic carbocycles. The van der Waals surface area contributed by atoms with E-state index >= 15 is 0 Å². The van der Waals surface area contributed by atoms with E-state index in [1.54, 1.807) is 0 Å². The van der Waals surface area contributed by atoms with Crippen molar-refractivity contribution in [2.75, 3.05) is 0 Å². The molecule has 2 nitrogen and oxygen atoms in total. The van der Waals surface area contributed by atoms with Gasteiger partial charge < -0.3 is 0 Å². The van der Waals surface area contributed by atoms with Gasteiger partial charge in [0.2, 0.25) is 0 Å². The van der Waals surface area contributed by atoms with Crippen LogP contribution in [-0.2, 0) is 6.42 Å². The number of allylic oxidation sites excluding steroid dienone is 1. The van der Waals surface area contributed by atoms with Gasteiger partial charge in [-0.05, 0) is 37.8 Å². The van der Waals surface area contributed by atoms with E-state index in [0.717, 1.165) is 24.4 Å². The van der Waals surface area contributed by atoms with Gasteiger partial charge in [-0.3, -0.25) is 0 Å². The molecule has 0 aliphatic rings. The second-order valence-electron chi connectivity index (χ2n) is 3.84. The zero-order chi connectivity index (χ0) is 12.0. The molecule has 0 radical (unpaired) electrons. The van der Waals surface area contributed by atoms with E-state index in [4.69, 9.17) is 0 Å². The molecule has 0 bridgehead atoms.